The van der Waals surface area contributed by atoms with Crippen LogP contribution in [0.5, 0.6) is 0 Å². The van der Waals surface area contributed by atoms with Gasteiger partial charge in [-0.25, -0.2) is 14.4 Å². The molecule has 5 nitrogen and oxygen atoms in total. The maximum absolute atomic E-state index is 13.4. The fraction of sp³-hybridized carbons (Fsp3) is 0.429. The van der Waals surface area contributed by atoms with E-state index in [1.807, 2.05) is 4.90 Å². The molecule has 2 aliphatic heterocycles. The highest BCUT2D eigenvalue weighted by Crippen LogP contribution is 2.30. The molecule has 0 bridgehead atoms. The van der Waals surface area contributed by atoms with Crippen molar-refractivity contribution in [2.24, 2.45) is 0 Å². The van der Waals surface area contributed by atoms with E-state index < -0.39 is 6.17 Å². The van der Waals surface area contributed by atoms with Crippen molar-refractivity contribution in [1.82, 2.24) is 9.97 Å². The SMILES string of the molecule is O=C1CC(=O)/C(=C/c2ccnc(N3CCCC(F)C3)n2)S1. The van der Waals surface area contributed by atoms with Gasteiger partial charge in [0.25, 0.3) is 0 Å². The fourth-order valence-corrected chi connectivity index (χ4v) is 3.19. The van der Waals surface area contributed by atoms with Gasteiger partial charge < -0.3 is 4.90 Å². The molecular weight excluding hydrogens is 293 g/mol. The molecule has 0 aliphatic carbocycles. The summed E-state index contributed by atoms with van der Waals surface area (Å²) >= 11 is 0.949. The number of allylic oxidation sites excluding steroid dienone is 1. The van der Waals surface area contributed by atoms with Crippen LogP contribution >= 0.6 is 11.8 Å². The van der Waals surface area contributed by atoms with Gasteiger partial charge in [-0.1, -0.05) is 0 Å². The number of carbonyl (C=O) groups excluding carboxylic acids is 2. The lowest BCUT2D eigenvalue weighted by Gasteiger charge is -2.28. The van der Waals surface area contributed by atoms with E-state index >= 15 is 0 Å². The topological polar surface area (TPSA) is 63.2 Å². The number of hydrogen-bond acceptors (Lipinski definition) is 6. The number of halogens is 1. The van der Waals surface area contributed by atoms with Crippen LogP contribution in [-0.4, -0.2) is 40.1 Å². The summed E-state index contributed by atoms with van der Waals surface area (Å²) in [6.07, 6.45) is 3.63. The van der Waals surface area contributed by atoms with E-state index in [2.05, 4.69) is 9.97 Å². The number of ketones is 1. The summed E-state index contributed by atoms with van der Waals surface area (Å²) in [6.45, 7) is 1.03. The van der Waals surface area contributed by atoms with Gasteiger partial charge in [0.2, 0.25) is 11.1 Å². The van der Waals surface area contributed by atoms with Gasteiger partial charge in [0.05, 0.1) is 23.6 Å². The number of nitrogens with zero attached hydrogens (tertiary/aromatic N) is 3. The second-order valence-corrected chi connectivity index (χ2v) is 6.15. The van der Waals surface area contributed by atoms with Crippen LogP contribution in [0.1, 0.15) is 25.0 Å². The largest absolute Gasteiger partial charge is 0.338 e. The first-order chi connectivity index (χ1) is 10.1. The van der Waals surface area contributed by atoms with E-state index in [1.165, 1.54) is 0 Å². The molecule has 1 atom stereocenters. The average molecular weight is 307 g/mol. The Hall–Kier alpha value is -1.76. The maximum atomic E-state index is 13.4. The molecular formula is C14H14FN3O2S. The van der Waals surface area contributed by atoms with Crippen LogP contribution in [-0.2, 0) is 9.59 Å². The lowest BCUT2D eigenvalue weighted by atomic mass is 10.1. The summed E-state index contributed by atoms with van der Waals surface area (Å²) in [5, 5.41) is -0.142. The number of hydrogen-bond donors (Lipinski definition) is 0. The molecule has 7 heteroatoms. The average Bonchev–Trinajstić information content (AvgIpc) is 2.77. The van der Waals surface area contributed by atoms with Crippen LogP contribution < -0.4 is 4.90 Å². The Labute approximate surface area is 125 Å². The highest BCUT2D eigenvalue weighted by atomic mass is 32.2. The number of anilines is 1. The van der Waals surface area contributed by atoms with Crippen molar-refractivity contribution in [2.75, 3.05) is 18.0 Å². The predicted molar refractivity (Wildman–Crippen MR) is 78.6 cm³/mol. The van der Waals surface area contributed by atoms with Crippen LogP contribution in [0, 0.1) is 0 Å². The normalized spacial score (nSPS) is 24.9. The summed E-state index contributed by atoms with van der Waals surface area (Å²) in [7, 11) is 0. The zero-order valence-corrected chi connectivity index (χ0v) is 12.1. The van der Waals surface area contributed by atoms with E-state index in [9.17, 15) is 14.0 Å². The third-order valence-corrected chi connectivity index (χ3v) is 4.33. The number of rotatable bonds is 2. The van der Waals surface area contributed by atoms with Crippen LogP contribution in [0.15, 0.2) is 17.2 Å². The van der Waals surface area contributed by atoms with Crippen LogP contribution in [0.4, 0.5) is 10.3 Å². The monoisotopic (exact) mass is 307 g/mol. The molecule has 2 saturated heterocycles. The number of aromatic nitrogens is 2. The quantitative estimate of drug-likeness (QED) is 0.615. The van der Waals surface area contributed by atoms with E-state index in [1.54, 1.807) is 18.3 Å². The first-order valence-electron chi connectivity index (χ1n) is 6.79. The number of alkyl halides is 1. The smallest absolute Gasteiger partial charge is 0.225 e. The molecule has 110 valence electrons. The number of thioether (sulfide) groups is 1. The Bertz CT molecular complexity index is 620. The number of carbonyl (C=O) groups is 2. The second kappa shape index (κ2) is 5.93. The van der Waals surface area contributed by atoms with E-state index in [0.29, 0.717) is 29.5 Å². The lowest BCUT2D eigenvalue weighted by molar-refractivity contribution is -0.119. The summed E-state index contributed by atoms with van der Waals surface area (Å²) in [5.41, 5.74) is 0.562. The molecule has 0 saturated carbocycles. The molecule has 0 radical (unpaired) electrons. The van der Waals surface area contributed by atoms with Crippen molar-refractivity contribution in [3.8, 4) is 0 Å². The molecule has 1 aromatic rings. The van der Waals surface area contributed by atoms with Gasteiger partial charge in [-0.05, 0) is 36.7 Å². The Morgan fingerprint density at radius 3 is 3.00 bits per heavy atom. The first-order valence-corrected chi connectivity index (χ1v) is 7.61. The van der Waals surface area contributed by atoms with E-state index in [0.717, 1.165) is 24.7 Å². The van der Waals surface area contributed by atoms with Crippen molar-refractivity contribution < 1.29 is 14.0 Å². The Balaban J connectivity index is 1.82. The zero-order valence-electron chi connectivity index (χ0n) is 11.3. The molecule has 21 heavy (non-hydrogen) atoms. The van der Waals surface area contributed by atoms with Gasteiger partial charge in [0.15, 0.2) is 5.78 Å². The molecule has 0 amide bonds. The van der Waals surface area contributed by atoms with Gasteiger partial charge in [-0.2, -0.15) is 0 Å². The first kappa shape index (κ1) is 14.2. The summed E-state index contributed by atoms with van der Waals surface area (Å²) < 4.78 is 13.4. The summed E-state index contributed by atoms with van der Waals surface area (Å²) in [4.78, 5) is 33.6. The fourth-order valence-electron chi connectivity index (χ4n) is 2.38. The van der Waals surface area contributed by atoms with Crippen LogP contribution in [0.2, 0.25) is 0 Å². The van der Waals surface area contributed by atoms with Crippen molar-refractivity contribution in [1.29, 1.82) is 0 Å². The van der Waals surface area contributed by atoms with Crippen molar-refractivity contribution in [3.63, 3.8) is 0 Å². The molecule has 3 rings (SSSR count). The minimum absolute atomic E-state index is 0.0515. The summed E-state index contributed by atoms with van der Waals surface area (Å²) in [5.74, 6) is 0.292. The molecule has 3 heterocycles. The Kier molecular flexibility index (Phi) is 4.01. The molecule has 1 aromatic heterocycles. The number of Topliss-reactive ketones (excluding diaryl/α,β-unsaturated/α-hetero) is 1. The molecule has 1 unspecified atom stereocenters. The minimum Gasteiger partial charge on any atom is -0.338 e. The maximum Gasteiger partial charge on any atom is 0.225 e. The molecule has 0 N–H and O–H groups in total. The zero-order chi connectivity index (χ0) is 14.8. The van der Waals surface area contributed by atoms with Gasteiger partial charge >= 0.3 is 0 Å². The van der Waals surface area contributed by atoms with Gasteiger partial charge in [-0.15, -0.1) is 0 Å². The Morgan fingerprint density at radius 1 is 1.43 bits per heavy atom. The molecule has 0 aromatic carbocycles. The van der Waals surface area contributed by atoms with Crippen molar-refractivity contribution >= 4 is 34.7 Å². The molecule has 0 spiro atoms. The Morgan fingerprint density at radius 2 is 2.29 bits per heavy atom. The lowest BCUT2D eigenvalue weighted by Crippen LogP contribution is -2.37. The van der Waals surface area contributed by atoms with E-state index in [-0.39, 0.29) is 17.3 Å². The third-order valence-electron chi connectivity index (χ3n) is 3.39. The van der Waals surface area contributed by atoms with Crippen molar-refractivity contribution in [2.45, 2.75) is 25.4 Å². The van der Waals surface area contributed by atoms with Gasteiger partial charge in [-0.3, -0.25) is 9.59 Å². The number of piperidine rings is 1. The van der Waals surface area contributed by atoms with Crippen LogP contribution in [0.25, 0.3) is 6.08 Å². The second-order valence-electron chi connectivity index (χ2n) is 5.05. The summed E-state index contributed by atoms with van der Waals surface area (Å²) in [6, 6.07) is 1.67. The molecule has 2 fully saturated rings. The third kappa shape index (κ3) is 3.29. The van der Waals surface area contributed by atoms with Crippen molar-refractivity contribution in [3.05, 3.63) is 22.9 Å². The highest BCUT2D eigenvalue weighted by molar-refractivity contribution is 8.18. The standard InChI is InChI=1S/C14H14FN3O2S/c15-9-2-1-5-18(8-9)14-16-4-3-10(17-14)6-12-11(19)7-13(20)21-12/h3-4,6,9H,1-2,5,7-8H2/b12-6-. The van der Waals surface area contributed by atoms with Gasteiger partial charge in [0, 0.05) is 12.7 Å². The highest BCUT2D eigenvalue weighted by Gasteiger charge is 2.26. The minimum atomic E-state index is -0.853. The molecule has 2 aliphatic rings. The van der Waals surface area contributed by atoms with Crippen LogP contribution in [0.3, 0.4) is 0 Å². The predicted octanol–water partition coefficient (Wildman–Crippen LogP) is 1.99. The van der Waals surface area contributed by atoms with Gasteiger partial charge in [0.1, 0.15) is 6.17 Å². The van der Waals surface area contributed by atoms with E-state index in [4.69, 9.17) is 0 Å².